The van der Waals surface area contributed by atoms with Crippen LogP contribution in [0.5, 0.6) is 0 Å². The normalized spacial score (nSPS) is 12.7. The molecule has 1 aromatic heterocycles. The van der Waals surface area contributed by atoms with Crippen molar-refractivity contribution in [1.29, 1.82) is 0 Å². The number of hydrogen-bond acceptors (Lipinski definition) is 2. The van der Waals surface area contributed by atoms with E-state index in [1.165, 1.54) is 16.0 Å². The van der Waals surface area contributed by atoms with Crippen molar-refractivity contribution in [3.05, 3.63) is 56.2 Å². The Kier molecular flexibility index (Phi) is 4.44. The average Bonchev–Trinajstić information content (AvgIpc) is 2.69. The molecule has 96 valence electrons. The second kappa shape index (κ2) is 5.87. The van der Waals surface area contributed by atoms with Gasteiger partial charge in [0.2, 0.25) is 0 Å². The van der Waals surface area contributed by atoms with Gasteiger partial charge in [0.25, 0.3) is 0 Å². The summed E-state index contributed by atoms with van der Waals surface area (Å²) in [5.74, 6) is 0. The molecule has 0 aliphatic rings. The van der Waals surface area contributed by atoms with Gasteiger partial charge in [-0.3, -0.25) is 0 Å². The lowest BCUT2D eigenvalue weighted by atomic mass is 10.0. The largest absolute Gasteiger partial charge is 0.306 e. The molecule has 0 spiro atoms. The van der Waals surface area contributed by atoms with E-state index in [0.29, 0.717) is 0 Å². The molecule has 0 saturated carbocycles. The molecule has 0 saturated heterocycles. The van der Waals surface area contributed by atoms with Gasteiger partial charge in [-0.1, -0.05) is 48.4 Å². The molecule has 0 radical (unpaired) electrons. The fourth-order valence-corrected chi connectivity index (χ4v) is 3.37. The molecule has 1 heterocycles. The van der Waals surface area contributed by atoms with Crippen LogP contribution in [0.1, 0.15) is 34.5 Å². The minimum Gasteiger partial charge on any atom is -0.306 e. The minimum absolute atomic E-state index is 0.196. The van der Waals surface area contributed by atoms with Gasteiger partial charge in [0.1, 0.15) is 0 Å². The third-order valence-electron chi connectivity index (χ3n) is 3.01. The monoisotopic (exact) mass is 279 g/mol. The highest BCUT2D eigenvalue weighted by atomic mass is 35.5. The molecule has 3 heteroatoms. The van der Waals surface area contributed by atoms with Gasteiger partial charge in [0.05, 0.1) is 11.1 Å². The topological polar surface area (TPSA) is 12.0 Å². The average molecular weight is 280 g/mol. The fourth-order valence-electron chi connectivity index (χ4n) is 1.97. The number of halogens is 1. The van der Waals surface area contributed by atoms with E-state index in [0.717, 1.165) is 17.1 Å². The maximum absolute atomic E-state index is 6.39. The Bertz CT molecular complexity index is 516. The maximum atomic E-state index is 6.39. The van der Waals surface area contributed by atoms with Gasteiger partial charge in [0.15, 0.2) is 0 Å². The van der Waals surface area contributed by atoms with E-state index in [1.54, 1.807) is 11.3 Å². The van der Waals surface area contributed by atoms with Crippen LogP contribution in [0.25, 0.3) is 0 Å². The first-order valence-electron chi connectivity index (χ1n) is 6.17. The molecule has 0 aliphatic carbocycles. The molecular weight excluding hydrogens is 262 g/mol. The third kappa shape index (κ3) is 2.77. The van der Waals surface area contributed by atoms with Crippen molar-refractivity contribution in [1.82, 2.24) is 5.32 Å². The fraction of sp³-hybridized carbons (Fsp3) is 0.333. The second-order valence-electron chi connectivity index (χ2n) is 4.50. The predicted octanol–water partition coefficient (Wildman–Crippen LogP) is 4.72. The zero-order chi connectivity index (χ0) is 13.1. The lowest BCUT2D eigenvalue weighted by Gasteiger charge is -2.18. The van der Waals surface area contributed by atoms with E-state index in [9.17, 15) is 0 Å². The molecular formula is C15H18ClNS. The van der Waals surface area contributed by atoms with E-state index >= 15 is 0 Å². The van der Waals surface area contributed by atoms with E-state index in [1.807, 2.05) is 0 Å². The molecule has 1 unspecified atom stereocenters. The van der Waals surface area contributed by atoms with Crippen LogP contribution < -0.4 is 5.32 Å². The Hall–Kier alpha value is -0.830. The summed E-state index contributed by atoms with van der Waals surface area (Å²) < 4.78 is 0. The summed E-state index contributed by atoms with van der Waals surface area (Å²) in [4.78, 5) is 1.21. The van der Waals surface area contributed by atoms with Gasteiger partial charge in [-0.25, -0.2) is 0 Å². The summed E-state index contributed by atoms with van der Waals surface area (Å²) >= 11 is 8.12. The first-order chi connectivity index (χ1) is 8.63. The van der Waals surface area contributed by atoms with Crippen molar-refractivity contribution in [2.24, 2.45) is 0 Å². The number of benzene rings is 1. The smallest absolute Gasteiger partial charge is 0.0686 e. The van der Waals surface area contributed by atoms with E-state index in [4.69, 9.17) is 11.6 Å². The van der Waals surface area contributed by atoms with E-state index < -0.39 is 0 Å². The van der Waals surface area contributed by atoms with Gasteiger partial charge >= 0.3 is 0 Å². The Balaban J connectivity index is 2.39. The van der Waals surface area contributed by atoms with Gasteiger partial charge in [-0.05, 0) is 36.9 Å². The Morgan fingerprint density at radius 3 is 2.39 bits per heavy atom. The zero-order valence-electron chi connectivity index (χ0n) is 11.0. The molecule has 1 nitrogen and oxygen atoms in total. The summed E-state index contributed by atoms with van der Waals surface area (Å²) in [5, 5.41) is 6.53. The summed E-state index contributed by atoms with van der Waals surface area (Å²) in [6.07, 6.45) is 0. The first kappa shape index (κ1) is 13.6. The van der Waals surface area contributed by atoms with Crippen LogP contribution in [0.2, 0.25) is 5.02 Å². The summed E-state index contributed by atoms with van der Waals surface area (Å²) in [7, 11) is 0. The van der Waals surface area contributed by atoms with Crippen molar-refractivity contribution < 1.29 is 0 Å². The third-order valence-corrected chi connectivity index (χ3v) is 4.79. The van der Waals surface area contributed by atoms with Crippen LogP contribution in [0, 0.1) is 13.8 Å². The number of aryl methyl sites for hydroxylation is 2. The molecule has 18 heavy (non-hydrogen) atoms. The minimum atomic E-state index is 0.196. The van der Waals surface area contributed by atoms with Gasteiger partial charge < -0.3 is 5.32 Å². The van der Waals surface area contributed by atoms with E-state index in [-0.39, 0.29) is 6.04 Å². The Labute approximate surface area is 118 Å². The van der Waals surface area contributed by atoms with E-state index in [2.05, 4.69) is 55.7 Å². The van der Waals surface area contributed by atoms with Gasteiger partial charge in [-0.2, -0.15) is 0 Å². The number of nitrogens with one attached hydrogen (secondary N) is 1. The lowest BCUT2D eigenvalue weighted by molar-refractivity contribution is 0.639. The molecule has 1 N–H and O–H groups in total. The van der Waals surface area contributed by atoms with Gasteiger partial charge in [-0.15, -0.1) is 11.3 Å². The highest BCUT2D eigenvalue weighted by Gasteiger charge is 2.18. The highest BCUT2D eigenvalue weighted by Crippen LogP contribution is 2.35. The molecule has 2 rings (SSSR count). The molecule has 0 bridgehead atoms. The van der Waals surface area contributed by atoms with Crippen molar-refractivity contribution in [3.8, 4) is 0 Å². The van der Waals surface area contributed by atoms with Crippen LogP contribution in [-0.2, 0) is 0 Å². The predicted molar refractivity (Wildman–Crippen MR) is 80.8 cm³/mol. The molecule has 1 aromatic carbocycles. The molecule has 0 fully saturated rings. The van der Waals surface area contributed by atoms with Crippen molar-refractivity contribution in [2.75, 3.05) is 6.54 Å². The first-order valence-corrected chi connectivity index (χ1v) is 7.42. The number of thiophene rings is 1. The molecule has 0 aliphatic heterocycles. The zero-order valence-corrected chi connectivity index (χ0v) is 12.5. The Morgan fingerprint density at radius 1 is 1.22 bits per heavy atom. The van der Waals surface area contributed by atoms with Crippen LogP contribution in [0.4, 0.5) is 0 Å². The highest BCUT2D eigenvalue weighted by molar-refractivity contribution is 7.10. The Morgan fingerprint density at radius 2 is 1.89 bits per heavy atom. The maximum Gasteiger partial charge on any atom is 0.0686 e. The van der Waals surface area contributed by atoms with Crippen LogP contribution in [-0.4, -0.2) is 6.54 Å². The summed E-state index contributed by atoms with van der Waals surface area (Å²) in [5.41, 5.74) is 3.71. The van der Waals surface area contributed by atoms with Crippen molar-refractivity contribution in [3.63, 3.8) is 0 Å². The van der Waals surface area contributed by atoms with Crippen LogP contribution in [0.15, 0.2) is 29.6 Å². The van der Waals surface area contributed by atoms with Crippen molar-refractivity contribution in [2.45, 2.75) is 26.8 Å². The quantitative estimate of drug-likeness (QED) is 0.854. The SMILES string of the molecule is CCNC(c1ccc(C)cc1)c1scc(C)c1Cl. The van der Waals surface area contributed by atoms with Crippen LogP contribution in [0.3, 0.4) is 0 Å². The lowest BCUT2D eigenvalue weighted by Crippen LogP contribution is -2.21. The molecule has 1 atom stereocenters. The second-order valence-corrected chi connectivity index (χ2v) is 5.79. The van der Waals surface area contributed by atoms with Crippen molar-refractivity contribution >= 4 is 22.9 Å². The number of hydrogen-bond donors (Lipinski definition) is 1. The van der Waals surface area contributed by atoms with Crippen LogP contribution >= 0.6 is 22.9 Å². The standard InChI is InChI=1S/C15H18ClNS/c1-4-17-14(12-7-5-10(2)6-8-12)15-13(16)11(3)9-18-15/h5-9,14,17H,4H2,1-3H3. The molecule has 2 aromatic rings. The number of rotatable bonds is 4. The van der Waals surface area contributed by atoms with Gasteiger partial charge in [0, 0.05) is 4.88 Å². The summed E-state index contributed by atoms with van der Waals surface area (Å²) in [6.45, 7) is 7.20. The molecule has 0 amide bonds. The summed E-state index contributed by atoms with van der Waals surface area (Å²) in [6, 6.07) is 8.84.